The van der Waals surface area contributed by atoms with Gasteiger partial charge in [-0.2, -0.15) is 14.0 Å². The standard InChI is InChI=1S/C41H35F2N5O5/c1-22-18-47(19-22)20-25-13-26(17-44)37-33(14-25)46-39(53-37)31-10-5-8-29(24(31)3)28-7-4-9-30(23(28)2)38-45-32-15-27(21-48-12-6-11-34(48)40(49)50)35(52-41(42)43)16-36(32)51-38/h4-5,7-10,13-16,34,41H,1,6,11-12,18-21H2,2-3H3,(H,49,50)/t34-/m0/s1. The number of aliphatic carboxylic acids is 1. The second-order valence-electron chi connectivity index (χ2n) is 13.8. The summed E-state index contributed by atoms with van der Waals surface area (Å²) < 4.78 is 44.2. The molecule has 0 bridgehead atoms. The van der Waals surface area contributed by atoms with Crippen LogP contribution in [-0.2, 0) is 17.9 Å². The summed E-state index contributed by atoms with van der Waals surface area (Å²) in [6.07, 6.45) is 1.19. The number of carboxylic acid groups (broad SMARTS) is 1. The Bertz CT molecular complexity index is 2470. The lowest BCUT2D eigenvalue weighted by molar-refractivity contribution is -0.142. The number of nitriles is 1. The summed E-state index contributed by atoms with van der Waals surface area (Å²) in [5, 5.41) is 19.6. The maximum Gasteiger partial charge on any atom is 0.387 e. The van der Waals surface area contributed by atoms with Crippen LogP contribution in [0.2, 0.25) is 0 Å². The summed E-state index contributed by atoms with van der Waals surface area (Å²) >= 11 is 0. The molecule has 0 radical (unpaired) electrons. The quantitative estimate of drug-likeness (QED) is 0.138. The average molecular weight is 716 g/mol. The van der Waals surface area contributed by atoms with E-state index in [4.69, 9.17) is 23.5 Å². The van der Waals surface area contributed by atoms with Crippen molar-refractivity contribution >= 4 is 28.2 Å². The Kier molecular flexibility index (Phi) is 8.76. The number of carbonyl (C=O) groups is 1. The predicted octanol–water partition coefficient (Wildman–Crippen LogP) is 8.48. The highest BCUT2D eigenvalue weighted by Crippen LogP contribution is 2.39. The van der Waals surface area contributed by atoms with Gasteiger partial charge in [-0.05, 0) is 97.0 Å². The summed E-state index contributed by atoms with van der Waals surface area (Å²) in [4.78, 5) is 25.4. The van der Waals surface area contributed by atoms with Gasteiger partial charge in [-0.3, -0.25) is 14.6 Å². The third kappa shape index (κ3) is 6.43. The first-order valence-electron chi connectivity index (χ1n) is 17.3. The number of hydrogen-bond donors (Lipinski definition) is 1. The number of aromatic nitrogens is 2. The van der Waals surface area contributed by atoms with Gasteiger partial charge < -0.3 is 18.7 Å². The fourth-order valence-electron chi connectivity index (χ4n) is 7.61. The van der Waals surface area contributed by atoms with Crippen LogP contribution in [0.1, 0.15) is 40.7 Å². The van der Waals surface area contributed by atoms with E-state index in [1.165, 1.54) is 11.6 Å². The molecule has 2 saturated heterocycles. The highest BCUT2D eigenvalue weighted by atomic mass is 19.3. The molecule has 12 heteroatoms. The van der Waals surface area contributed by atoms with E-state index in [0.717, 1.165) is 46.5 Å². The van der Waals surface area contributed by atoms with E-state index in [1.54, 1.807) is 11.0 Å². The minimum Gasteiger partial charge on any atom is -0.480 e. The highest BCUT2D eigenvalue weighted by molar-refractivity contribution is 5.86. The van der Waals surface area contributed by atoms with Crippen molar-refractivity contribution < 1.29 is 32.3 Å². The molecule has 2 fully saturated rings. The van der Waals surface area contributed by atoms with E-state index in [2.05, 4.69) is 17.5 Å². The highest BCUT2D eigenvalue weighted by Gasteiger charge is 2.31. The summed E-state index contributed by atoms with van der Waals surface area (Å²) in [7, 11) is 0. The zero-order valence-corrected chi connectivity index (χ0v) is 29.2. The molecule has 268 valence electrons. The van der Waals surface area contributed by atoms with Gasteiger partial charge in [0.05, 0.1) is 5.56 Å². The first-order valence-corrected chi connectivity index (χ1v) is 17.3. The smallest absolute Gasteiger partial charge is 0.387 e. The van der Waals surface area contributed by atoms with Gasteiger partial charge in [-0.1, -0.05) is 30.8 Å². The van der Waals surface area contributed by atoms with Crippen LogP contribution in [0.25, 0.3) is 56.2 Å². The van der Waals surface area contributed by atoms with Crippen molar-refractivity contribution in [3.05, 3.63) is 101 Å². The number of oxazole rings is 2. The number of likely N-dealkylation sites (tertiary alicyclic amines) is 2. The molecule has 1 N–H and O–H groups in total. The first kappa shape index (κ1) is 34.2. The third-order valence-electron chi connectivity index (χ3n) is 10.2. The number of carboxylic acids is 1. The van der Waals surface area contributed by atoms with Crippen molar-refractivity contribution in [2.45, 2.75) is 52.4 Å². The topological polar surface area (TPSA) is 129 Å². The first-order chi connectivity index (χ1) is 25.6. The molecule has 4 aromatic carbocycles. The summed E-state index contributed by atoms with van der Waals surface area (Å²) in [5.74, 6) is -0.303. The average Bonchev–Trinajstić information content (AvgIpc) is 3.86. The number of ether oxygens (including phenoxy) is 1. The lowest BCUT2D eigenvalue weighted by atomic mass is 9.91. The molecule has 6 aromatic rings. The molecule has 0 aliphatic carbocycles. The number of rotatable bonds is 10. The SMILES string of the molecule is C=C1CN(Cc2cc(C#N)c3oc(-c4cccc(-c5cccc(-c6nc7cc(CN8CCC[C@H]8C(=O)O)c(OC(F)F)cc7o6)c5C)c4C)nc3c2)C1. The van der Waals surface area contributed by atoms with Gasteiger partial charge in [0.25, 0.3) is 0 Å². The van der Waals surface area contributed by atoms with Gasteiger partial charge in [0.15, 0.2) is 11.2 Å². The molecule has 53 heavy (non-hydrogen) atoms. The molecular formula is C41H35F2N5O5. The van der Waals surface area contributed by atoms with Gasteiger partial charge in [0.1, 0.15) is 28.9 Å². The molecule has 2 aromatic heterocycles. The van der Waals surface area contributed by atoms with E-state index < -0.39 is 18.6 Å². The van der Waals surface area contributed by atoms with Gasteiger partial charge >= 0.3 is 12.6 Å². The zero-order chi connectivity index (χ0) is 37.0. The van der Waals surface area contributed by atoms with Crippen LogP contribution < -0.4 is 4.74 Å². The zero-order valence-electron chi connectivity index (χ0n) is 29.2. The van der Waals surface area contributed by atoms with E-state index in [9.17, 15) is 23.9 Å². The van der Waals surface area contributed by atoms with Crippen molar-refractivity contribution in [2.24, 2.45) is 0 Å². The molecule has 1 atom stereocenters. The number of halogens is 2. The third-order valence-corrected chi connectivity index (χ3v) is 10.2. The summed E-state index contributed by atoms with van der Waals surface area (Å²) in [5.41, 5.74) is 9.98. The molecule has 4 heterocycles. The summed E-state index contributed by atoms with van der Waals surface area (Å²) in [6.45, 7) is 7.95. The largest absolute Gasteiger partial charge is 0.480 e. The number of nitrogens with zero attached hydrogens (tertiary/aromatic N) is 5. The van der Waals surface area contributed by atoms with Crippen molar-refractivity contribution in [3.63, 3.8) is 0 Å². The van der Waals surface area contributed by atoms with Crippen LogP contribution in [0.4, 0.5) is 8.78 Å². The van der Waals surface area contributed by atoms with Crippen molar-refractivity contribution in [2.75, 3.05) is 19.6 Å². The van der Waals surface area contributed by atoms with Crippen LogP contribution >= 0.6 is 0 Å². The van der Waals surface area contributed by atoms with Crippen LogP contribution in [0.15, 0.2) is 81.7 Å². The normalized spacial score (nSPS) is 16.5. The van der Waals surface area contributed by atoms with Gasteiger partial charge in [-0.15, -0.1) is 0 Å². The van der Waals surface area contributed by atoms with Crippen LogP contribution in [0.3, 0.4) is 0 Å². The van der Waals surface area contributed by atoms with Crippen molar-refractivity contribution in [1.82, 2.24) is 19.8 Å². The molecule has 2 aliphatic rings. The van der Waals surface area contributed by atoms with Crippen LogP contribution in [0.5, 0.6) is 5.75 Å². The van der Waals surface area contributed by atoms with Gasteiger partial charge in [0, 0.05) is 48.9 Å². The Labute approximate surface area is 303 Å². The molecule has 8 rings (SSSR count). The Balaban J connectivity index is 1.13. The minimum atomic E-state index is -3.07. The number of benzene rings is 4. The monoisotopic (exact) mass is 715 g/mol. The molecule has 10 nitrogen and oxygen atoms in total. The summed E-state index contributed by atoms with van der Waals surface area (Å²) in [6, 6.07) is 20.1. The van der Waals surface area contributed by atoms with E-state index in [1.807, 2.05) is 62.4 Å². The lowest BCUT2D eigenvalue weighted by Gasteiger charge is -2.33. The van der Waals surface area contributed by atoms with Crippen molar-refractivity contribution in [1.29, 1.82) is 5.26 Å². The van der Waals surface area contributed by atoms with Gasteiger partial charge in [0.2, 0.25) is 11.8 Å². The molecular weight excluding hydrogens is 680 g/mol. The maximum atomic E-state index is 13.5. The minimum absolute atomic E-state index is 0.0797. The molecule has 2 aliphatic heterocycles. The fraction of sp³-hybridized carbons (Fsp3) is 0.268. The lowest BCUT2D eigenvalue weighted by Crippen LogP contribution is -2.38. The molecule has 0 spiro atoms. The number of fused-ring (bicyclic) bond motifs is 2. The second-order valence-corrected chi connectivity index (χ2v) is 13.8. The predicted molar refractivity (Wildman–Crippen MR) is 194 cm³/mol. The van der Waals surface area contributed by atoms with Crippen LogP contribution in [-0.4, -0.2) is 63.1 Å². The Morgan fingerprint density at radius 3 is 2.28 bits per heavy atom. The van der Waals surface area contributed by atoms with E-state index >= 15 is 0 Å². The molecule has 0 amide bonds. The Morgan fingerprint density at radius 1 is 0.981 bits per heavy atom. The number of hydrogen-bond acceptors (Lipinski definition) is 9. The number of alkyl halides is 2. The Hall–Kier alpha value is -5.90. The van der Waals surface area contributed by atoms with Crippen LogP contribution in [0, 0.1) is 25.2 Å². The Morgan fingerprint density at radius 2 is 1.64 bits per heavy atom. The second kappa shape index (κ2) is 13.6. The van der Waals surface area contributed by atoms with E-state index in [0.29, 0.717) is 71.0 Å². The van der Waals surface area contributed by atoms with Crippen molar-refractivity contribution in [3.8, 4) is 45.9 Å². The van der Waals surface area contributed by atoms with E-state index in [-0.39, 0.29) is 17.9 Å². The molecule has 0 unspecified atom stereocenters. The fourth-order valence-corrected chi connectivity index (χ4v) is 7.61. The van der Waals surface area contributed by atoms with Gasteiger partial charge in [-0.25, -0.2) is 9.97 Å². The molecule has 0 saturated carbocycles. The maximum absolute atomic E-state index is 13.5.